The molecule has 0 bridgehead atoms. The van der Waals surface area contributed by atoms with E-state index >= 15 is 0 Å². The van der Waals surface area contributed by atoms with Crippen molar-refractivity contribution < 1.29 is 22.1 Å². The molecule has 0 radical (unpaired) electrons. The average Bonchev–Trinajstić information content (AvgIpc) is 2.45. The number of anilines is 1. The third kappa shape index (κ3) is 3.40. The summed E-state index contributed by atoms with van der Waals surface area (Å²) >= 11 is 5.79. The lowest BCUT2D eigenvalue weighted by molar-refractivity contribution is -0.385. The van der Waals surface area contributed by atoms with Gasteiger partial charge in [0.1, 0.15) is 17.3 Å². The average molecular weight is 363 g/mol. The molecular weight excluding hydrogens is 354 g/mol. The summed E-state index contributed by atoms with van der Waals surface area (Å²) < 4.78 is 53.3. The van der Waals surface area contributed by atoms with Gasteiger partial charge in [-0.15, -0.1) is 0 Å². The monoisotopic (exact) mass is 362 g/mol. The Morgan fingerprint density at radius 3 is 2.30 bits per heavy atom. The van der Waals surface area contributed by atoms with E-state index < -0.39 is 42.9 Å². The number of rotatable bonds is 4. The quantitative estimate of drug-likeness (QED) is 0.664. The fourth-order valence-corrected chi connectivity index (χ4v) is 3.17. The molecule has 0 aliphatic carbocycles. The molecule has 0 aliphatic heterocycles. The predicted octanol–water partition coefficient (Wildman–Crippen LogP) is 3.64. The first-order valence-electron chi connectivity index (χ1n) is 6.05. The number of para-hydroxylation sites is 1. The lowest BCUT2D eigenvalue weighted by Crippen LogP contribution is -2.15. The van der Waals surface area contributed by atoms with E-state index in [9.17, 15) is 27.3 Å². The number of nitrogens with one attached hydrogen (secondary N) is 1. The molecule has 0 atom stereocenters. The van der Waals surface area contributed by atoms with Gasteiger partial charge in [0.25, 0.3) is 15.7 Å². The predicted molar refractivity (Wildman–Crippen MR) is 80.0 cm³/mol. The van der Waals surface area contributed by atoms with Crippen LogP contribution in [0.15, 0.2) is 35.2 Å². The summed E-state index contributed by atoms with van der Waals surface area (Å²) in [6.07, 6.45) is 0. The number of sulfonamides is 1. The van der Waals surface area contributed by atoms with Crippen LogP contribution in [0.25, 0.3) is 0 Å². The van der Waals surface area contributed by atoms with Crippen LogP contribution in [0, 0.1) is 28.7 Å². The van der Waals surface area contributed by atoms with Gasteiger partial charge in [-0.1, -0.05) is 17.7 Å². The van der Waals surface area contributed by atoms with Crippen LogP contribution >= 0.6 is 11.6 Å². The maximum atomic E-state index is 13.5. The molecule has 0 aliphatic rings. The summed E-state index contributed by atoms with van der Waals surface area (Å²) in [6.45, 7) is 1.35. The first kappa shape index (κ1) is 17.1. The minimum absolute atomic E-state index is 0.0766. The van der Waals surface area contributed by atoms with E-state index in [1.165, 1.54) is 6.92 Å². The van der Waals surface area contributed by atoms with E-state index in [4.69, 9.17) is 11.6 Å². The van der Waals surface area contributed by atoms with Crippen molar-refractivity contribution in [1.82, 2.24) is 0 Å². The lowest BCUT2D eigenvalue weighted by Gasteiger charge is -2.11. The van der Waals surface area contributed by atoms with Crippen LogP contribution in [0.2, 0.25) is 5.02 Å². The van der Waals surface area contributed by atoms with Gasteiger partial charge in [-0.2, -0.15) is 0 Å². The zero-order valence-electron chi connectivity index (χ0n) is 11.5. The summed E-state index contributed by atoms with van der Waals surface area (Å²) in [5.41, 5.74) is -1.33. The maximum absolute atomic E-state index is 13.5. The van der Waals surface area contributed by atoms with Crippen LogP contribution in [-0.4, -0.2) is 13.3 Å². The third-order valence-electron chi connectivity index (χ3n) is 3.00. The van der Waals surface area contributed by atoms with Gasteiger partial charge in [-0.05, 0) is 25.1 Å². The van der Waals surface area contributed by atoms with E-state index in [0.29, 0.717) is 0 Å². The molecule has 0 heterocycles. The van der Waals surface area contributed by atoms with Gasteiger partial charge >= 0.3 is 0 Å². The van der Waals surface area contributed by atoms with Crippen molar-refractivity contribution >= 4 is 33.0 Å². The number of hydrogen-bond acceptors (Lipinski definition) is 4. The Hall–Kier alpha value is -2.26. The van der Waals surface area contributed by atoms with E-state index in [-0.39, 0.29) is 10.6 Å². The van der Waals surface area contributed by atoms with Crippen LogP contribution in [0.4, 0.5) is 20.2 Å². The smallest absolute Gasteiger partial charge is 0.274 e. The van der Waals surface area contributed by atoms with Gasteiger partial charge in [-0.25, -0.2) is 17.2 Å². The standard InChI is InChI=1S/C13H9ClF2N2O4S/c1-7-9(14)5-8(6-12(7)18(19)20)23(21,22)17-13-10(15)3-2-4-11(13)16/h2-6,17H,1H3. The molecular formula is C13H9ClF2N2O4S. The molecule has 0 unspecified atom stereocenters. The third-order valence-corrected chi connectivity index (χ3v) is 4.72. The van der Waals surface area contributed by atoms with Gasteiger partial charge in [0, 0.05) is 11.6 Å². The summed E-state index contributed by atoms with van der Waals surface area (Å²) in [7, 11) is -4.47. The van der Waals surface area contributed by atoms with Crippen molar-refractivity contribution in [2.75, 3.05) is 4.72 Å². The van der Waals surface area contributed by atoms with Crippen LogP contribution in [-0.2, 0) is 10.0 Å². The molecule has 0 saturated heterocycles. The van der Waals surface area contributed by atoms with Crippen LogP contribution in [0.5, 0.6) is 0 Å². The number of benzene rings is 2. The highest BCUT2D eigenvalue weighted by Crippen LogP contribution is 2.31. The van der Waals surface area contributed by atoms with Crippen LogP contribution in [0.3, 0.4) is 0 Å². The Balaban J connectivity index is 2.55. The fourth-order valence-electron chi connectivity index (χ4n) is 1.77. The van der Waals surface area contributed by atoms with Crippen molar-refractivity contribution in [2.24, 2.45) is 0 Å². The van der Waals surface area contributed by atoms with Crippen molar-refractivity contribution in [1.29, 1.82) is 0 Å². The Kier molecular flexibility index (Phi) is 4.53. The minimum atomic E-state index is -4.47. The maximum Gasteiger partial charge on any atom is 0.275 e. The van der Waals surface area contributed by atoms with Crippen molar-refractivity contribution in [2.45, 2.75) is 11.8 Å². The Labute approximate surface area is 134 Å². The van der Waals surface area contributed by atoms with E-state index in [2.05, 4.69) is 0 Å². The first-order chi connectivity index (χ1) is 10.6. The molecule has 2 rings (SSSR count). The lowest BCUT2D eigenvalue weighted by atomic mass is 10.2. The van der Waals surface area contributed by atoms with Gasteiger partial charge < -0.3 is 0 Å². The molecule has 2 aromatic carbocycles. The van der Waals surface area contributed by atoms with Crippen LogP contribution in [0.1, 0.15) is 5.56 Å². The Morgan fingerprint density at radius 1 is 1.22 bits per heavy atom. The molecule has 10 heteroatoms. The molecule has 0 spiro atoms. The molecule has 6 nitrogen and oxygen atoms in total. The number of nitro benzene ring substituents is 1. The summed E-state index contributed by atoms with van der Waals surface area (Å²) in [4.78, 5) is 9.55. The number of halogens is 3. The van der Waals surface area contributed by atoms with Crippen LogP contribution < -0.4 is 4.72 Å². The van der Waals surface area contributed by atoms with Crippen molar-refractivity contribution in [3.8, 4) is 0 Å². The number of nitro groups is 1. The Bertz CT molecular complexity index is 883. The second kappa shape index (κ2) is 6.09. The Morgan fingerprint density at radius 2 is 1.78 bits per heavy atom. The molecule has 0 amide bonds. The molecule has 0 saturated carbocycles. The molecule has 2 aromatic rings. The van der Waals surface area contributed by atoms with E-state index in [1.54, 1.807) is 4.72 Å². The topological polar surface area (TPSA) is 89.3 Å². The van der Waals surface area contributed by atoms with E-state index in [0.717, 1.165) is 30.3 Å². The molecule has 23 heavy (non-hydrogen) atoms. The summed E-state index contributed by atoms with van der Waals surface area (Å²) in [6, 6.07) is 4.53. The second-order valence-corrected chi connectivity index (χ2v) is 6.60. The fraction of sp³-hybridized carbons (Fsp3) is 0.0769. The highest BCUT2D eigenvalue weighted by Gasteiger charge is 2.24. The minimum Gasteiger partial charge on any atom is -0.274 e. The van der Waals surface area contributed by atoms with Gasteiger partial charge in [0.2, 0.25) is 0 Å². The zero-order valence-corrected chi connectivity index (χ0v) is 13.1. The van der Waals surface area contributed by atoms with Gasteiger partial charge in [0.05, 0.1) is 14.8 Å². The highest BCUT2D eigenvalue weighted by molar-refractivity contribution is 7.92. The SMILES string of the molecule is Cc1c(Cl)cc(S(=O)(=O)Nc2c(F)cccc2F)cc1[N+](=O)[O-]. The normalized spacial score (nSPS) is 11.3. The number of nitrogens with zero attached hydrogens (tertiary/aromatic N) is 1. The first-order valence-corrected chi connectivity index (χ1v) is 7.91. The second-order valence-electron chi connectivity index (χ2n) is 4.51. The van der Waals surface area contributed by atoms with Crippen molar-refractivity contribution in [3.63, 3.8) is 0 Å². The molecule has 1 N–H and O–H groups in total. The summed E-state index contributed by atoms with van der Waals surface area (Å²) in [5.74, 6) is -2.25. The van der Waals surface area contributed by atoms with E-state index in [1.807, 2.05) is 0 Å². The highest BCUT2D eigenvalue weighted by atomic mass is 35.5. The largest absolute Gasteiger partial charge is 0.275 e. The van der Waals surface area contributed by atoms with Gasteiger partial charge in [-0.3, -0.25) is 14.8 Å². The molecule has 0 fully saturated rings. The molecule has 0 aromatic heterocycles. The number of hydrogen-bond donors (Lipinski definition) is 1. The summed E-state index contributed by atoms with van der Waals surface area (Å²) in [5, 5.41) is 10.8. The molecule has 122 valence electrons. The zero-order chi connectivity index (χ0) is 17.4. The van der Waals surface area contributed by atoms with Crippen molar-refractivity contribution in [3.05, 3.63) is 62.7 Å². The van der Waals surface area contributed by atoms with Gasteiger partial charge in [0.15, 0.2) is 0 Å².